The molecule has 0 unspecified atom stereocenters. The lowest BCUT2D eigenvalue weighted by Crippen LogP contribution is -2.25. The minimum absolute atomic E-state index is 0.0880. The molecule has 0 aromatic rings. The molecular weight excluding hydrogens is 148 g/mol. The Morgan fingerprint density at radius 3 is 1.45 bits per heavy atom. The molecule has 0 aliphatic carbocycles. The van der Waals surface area contributed by atoms with Crippen LogP contribution >= 0.6 is 0 Å². The van der Waals surface area contributed by atoms with Crippen LogP contribution in [0.2, 0.25) is 0 Å². The lowest BCUT2D eigenvalue weighted by molar-refractivity contribution is -0.307. The van der Waals surface area contributed by atoms with Crippen molar-refractivity contribution in [2.75, 3.05) is 0 Å². The number of hydrogen-bond acceptors (Lipinski definition) is 4. The average molecular weight is 158 g/mol. The number of carbonyl (C=O) groups is 2. The van der Waals surface area contributed by atoms with E-state index in [-0.39, 0.29) is 19.3 Å². The molecule has 0 heterocycles. The van der Waals surface area contributed by atoms with Gasteiger partial charge >= 0.3 is 0 Å². The standard InChI is InChI=1S/C5H8O4.C2H4/c6-4(7)2-1-3-5(8)9;1-2/h1-3H2,(H,6,7)(H,8,9);1-2H2/p-2. The summed E-state index contributed by atoms with van der Waals surface area (Å²) in [4.78, 5) is 19.3. The van der Waals surface area contributed by atoms with Crippen LogP contribution in [0.3, 0.4) is 0 Å². The molecule has 0 N–H and O–H groups in total. The van der Waals surface area contributed by atoms with Gasteiger partial charge in [0.2, 0.25) is 0 Å². The van der Waals surface area contributed by atoms with Crippen molar-refractivity contribution in [3.8, 4) is 0 Å². The third-order valence-electron chi connectivity index (χ3n) is 0.762. The van der Waals surface area contributed by atoms with Crippen molar-refractivity contribution in [2.45, 2.75) is 19.3 Å². The van der Waals surface area contributed by atoms with Gasteiger partial charge in [0.25, 0.3) is 0 Å². The minimum Gasteiger partial charge on any atom is -0.550 e. The molecule has 0 rings (SSSR count). The highest BCUT2D eigenvalue weighted by atomic mass is 16.4. The first-order chi connectivity index (χ1) is 5.13. The first kappa shape index (κ1) is 12.4. The Bertz CT molecular complexity index is 116. The van der Waals surface area contributed by atoms with E-state index in [1.54, 1.807) is 0 Å². The molecule has 11 heavy (non-hydrogen) atoms. The van der Waals surface area contributed by atoms with Crippen molar-refractivity contribution in [3.05, 3.63) is 13.2 Å². The second kappa shape index (κ2) is 8.68. The largest absolute Gasteiger partial charge is 0.550 e. The summed E-state index contributed by atoms with van der Waals surface area (Å²) in [6.45, 7) is 6.00. The lowest BCUT2D eigenvalue weighted by Gasteiger charge is -2.01. The fourth-order valence-electron chi connectivity index (χ4n) is 0.377. The SMILES string of the molecule is C=C.O=C([O-])CCCC(=O)[O-]. The van der Waals surface area contributed by atoms with E-state index in [0.717, 1.165) is 0 Å². The number of carbonyl (C=O) groups excluding carboxylic acids is 2. The summed E-state index contributed by atoms with van der Waals surface area (Å²) in [5.74, 6) is -2.45. The number of aliphatic carboxylic acids is 2. The quantitative estimate of drug-likeness (QED) is 0.464. The number of carboxylic acid groups (broad SMARTS) is 2. The molecule has 0 spiro atoms. The molecule has 64 valence electrons. The Kier molecular flexibility index (Phi) is 9.76. The molecule has 0 aliphatic heterocycles. The van der Waals surface area contributed by atoms with Crippen molar-refractivity contribution < 1.29 is 19.8 Å². The van der Waals surface area contributed by atoms with Crippen molar-refractivity contribution >= 4 is 11.9 Å². The molecule has 0 aromatic heterocycles. The monoisotopic (exact) mass is 158 g/mol. The molecule has 0 saturated carbocycles. The first-order valence-corrected chi connectivity index (χ1v) is 3.02. The van der Waals surface area contributed by atoms with Gasteiger partial charge in [-0.15, -0.1) is 13.2 Å². The van der Waals surface area contributed by atoms with Crippen molar-refractivity contribution in [1.29, 1.82) is 0 Å². The number of rotatable bonds is 4. The van der Waals surface area contributed by atoms with Gasteiger partial charge < -0.3 is 19.8 Å². The van der Waals surface area contributed by atoms with Gasteiger partial charge in [0, 0.05) is 11.9 Å². The predicted molar refractivity (Wildman–Crippen MR) is 35.1 cm³/mol. The summed E-state index contributed by atoms with van der Waals surface area (Å²) < 4.78 is 0. The van der Waals surface area contributed by atoms with Gasteiger partial charge in [0.15, 0.2) is 0 Å². The Labute approximate surface area is 65.2 Å². The summed E-state index contributed by atoms with van der Waals surface area (Å²) in [6, 6.07) is 0. The Morgan fingerprint density at radius 1 is 1.00 bits per heavy atom. The Hall–Kier alpha value is -1.32. The highest BCUT2D eigenvalue weighted by Gasteiger charge is 1.87. The van der Waals surface area contributed by atoms with Gasteiger partial charge in [-0.3, -0.25) is 0 Å². The number of carboxylic acids is 2. The van der Waals surface area contributed by atoms with Gasteiger partial charge in [-0.05, 0) is 19.3 Å². The first-order valence-electron chi connectivity index (χ1n) is 3.02. The molecule has 0 aliphatic rings. The number of hydrogen-bond donors (Lipinski definition) is 0. The second-order valence-corrected chi connectivity index (χ2v) is 1.60. The van der Waals surface area contributed by atoms with Gasteiger partial charge in [0.1, 0.15) is 0 Å². The van der Waals surface area contributed by atoms with Crippen LogP contribution in [0.25, 0.3) is 0 Å². The van der Waals surface area contributed by atoms with E-state index < -0.39 is 11.9 Å². The summed E-state index contributed by atoms with van der Waals surface area (Å²) in [6.07, 6.45) is -0.341. The molecule has 0 aromatic carbocycles. The van der Waals surface area contributed by atoms with Crippen LogP contribution < -0.4 is 10.2 Å². The zero-order chi connectivity index (χ0) is 9.28. The summed E-state index contributed by atoms with van der Waals surface area (Å²) in [5.41, 5.74) is 0. The van der Waals surface area contributed by atoms with E-state index in [2.05, 4.69) is 13.2 Å². The Morgan fingerprint density at radius 2 is 1.27 bits per heavy atom. The minimum atomic E-state index is -1.23. The van der Waals surface area contributed by atoms with Crippen LogP contribution in [-0.4, -0.2) is 11.9 Å². The molecular formula is C7H10O4-2. The fraction of sp³-hybridized carbons (Fsp3) is 0.429. The lowest BCUT2D eigenvalue weighted by atomic mass is 10.2. The van der Waals surface area contributed by atoms with Crippen LogP contribution in [0.1, 0.15) is 19.3 Å². The van der Waals surface area contributed by atoms with Crippen LogP contribution in [0.5, 0.6) is 0 Å². The van der Waals surface area contributed by atoms with Gasteiger partial charge in [0.05, 0.1) is 0 Å². The van der Waals surface area contributed by atoms with Crippen molar-refractivity contribution in [1.82, 2.24) is 0 Å². The molecule has 0 radical (unpaired) electrons. The molecule has 4 heteroatoms. The fourth-order valence-corrected chi connectivity index (χ4v) is 0.377. The molecule has 4 nitrogen and oxygen atoms in total. The van der Waals surface area contributed by atoms with Gasteiger partial charge in [-0.2, -0.15) is 0 Å². The van der Waals surface area contributed by atoms with Crippen molar-refractivity contribution in [2.24, 2.45) is 0 Å². The average Bonchev–Trinajstić information content (AvgIpc) is 1.90. The highest BCUT2D eigenvalue weighted by Crippen LogP contribution is 1.90. The maximum absolute atomic E-state index is 9.66. The molecule has 0 saturated heterocycles. The maximum atomic E-state index is 9.66. The molecule has 0 fully saturated rings. The summed E-state index contributed by atoms with van der Waals surface area (Å²) in [7, 11) is 0. The normalized spacial score (nSPS) is 7.64. The van der Waals surface area contributed by atoms with Gasteiger partial charge in [-0.25, -0.2) is 0 Å². The summed E-state index contributed by atoms with van der Waals surface area (Å²) in [5, 5.41) is 19.3. The van der Waals surface area contributed by atoms with E-state index in [0.29, 0.717) is 0 Å². The van der Waals surface area contributed by atoms with E-state index in [1.807, 2.05) is 0 Å². The van der Waals surface area contributed by atoms with Crippen LogP contribution in [0.15, 0.2) is 13.2 Å². The maximum Gasteiger partial charge on any atom is 0.0414 e. The van der Waals surface area contributed by atoms with Crippen LogP contribution in [0, 0.1) is 0 Å². The third kappa shape index (κ3) is 17.7. The molecule has 0 amide bonds. The third-order valence-corrected chi connectivity index (χ3v) is 0.762. The van der Waals surface area contributed by atoms with E-state index >= 15 is 0 Å². The zero-order valence-electron chi connectivity index (χ0n) is 6.17. The summed E-state index contributed by atoms with van der Waals surface area (Å²) >= 11 is 0. The van der Waals surface area contributed by atoms with E-state index in [9.17, 15) is 19.8 Å². The van der Waals surface area contributed by atoms with Crippen LogP contribution in [-0.2, 0) is 9.59 Å². The van der Waals surface area contributed by atoms with Crippen LogP contribution in [0.4, 0.5) is 0 Å². The van der Waals surface area contributed by atoms with Gasteiger partial charge in [-0.1, -0.05) is 0 Å². The smallest absolute Gasteiger partial charge is 0.0414 e. The molecule has 0 bridgehead atoms. The topological polar surface area (TPSA) is 80.3 Å². The zero-order valence-corrected chi connectivity index (χ0v) is 6.17. The highest BCUT2D eigenvalue weighted by molar-refractivity contribution is 5.67. The predicted octanol–water partition coefficient (Wildman–Crippen LogP) is -1.54. The second-order valence-electron chi connectivity index (χ2n) is 1.60. The van der Waals surface area contributed by atoms with E-state index in [4.69, 9.17) is 0 Å². The van der Waals surface area contributed by atoms with Crippen molar-refractivity contribution in [3.63, 3.8) is 0 Å². The molecule has 0 atom stereocenters. The Balaban J connectivity index is 0. The van der Waals surface area contributed by atoms with E-state index in [1.165, 1.54) is 0 Å².